The molecule has 0 amide bonds. The zero-order valence-electron chi connectivity index (χ0n) is 9.35. The molecule has 5 heteroatoms. The molecule has 16 heavy (non-hydrogen) atoms. The summed E-state index contributed by atoms with van der Waals surface area (Å²) in [6.45, 7) is 2.38. The van der Waals surface area contributed by atoms with Crippen molar-refractivity contribution in [3.05, 3.63) is 39.4 Å². The van der Waals surface area contributed by atoms with Crippen LogP contribution in [0.2, 0.25) is 0 Å². The largest absolute Gasteiger partial charge is 0.330 e. The fourth-order valence-corrected chi connectivity index (χ4v) is 1.62. The van der Waals surface area contributed by atoms with Gasteiger partial charge >= 0.3 is 0 Å². The summed E-state index contributed by atoms with van der Waals surface area (Å²) in [5.74, 6) is 0. The van der Waals surface area contributed by atoms with Gasteiger partial charge in [0.2, 0.25) is 0 Å². The first-order chi connectivity index (χ1) is 7.60. The number of nitrogens with two attached hydrogens (primary N) is 2. The van der Waals surface area contributed by atoms with Gasteiger partial charge in [-0.1, -0.05) is 19.1 Å². The monoisotopic (exact) mass is 223 g/mol. The maximum atomic E-state index is 10.9. The number of benzene rings is 1. The molecule has 0 bridgehead atoms. The summed E-state index contributed by atoms with van der Waals surface area (Å²) in [7, 11) is 0. The second-order valence-corrected chi connectivity index (χ2v) is 3.69. The lowest BCUT2D eigenvalue weighted by Crippen LogP contribution is -2.16. The summed E-state index contributed by atoms with van der Waals surface area (Å²) in [5.41, 5.74) is 12.9. The highest BCUT2D eigenvalue weighted by Crippen LogP contribution is 2.26. The molecule has 0 spiro atoms. The molecular weight excluding hydrogens is 206 g/mol. The quantitative estimate of drug-likeness (QED) is 0.584. The lowest BCUT2D eigenvalue weighted by Gasteiger charge is -2.11. The lowest BCUT2D eigenvalue weighted by atomic mass is 10.00. The first-order valence-corrected chi connectivity index (χ1v) is 5.33. The van der Waals surface area contributed by atoms with Crippen LogP contribution in [0, 0.1) is 10.1 Å². The molecule has 1 aromatic rings. The van der Waals surface area contributed by atoms with Crippen molar-refractivity contribution in [1.29, 1.82) is 0 Å². The van der Waals surface area contributed by atoms with E-state index in [1.807, 2.05) is 13.0 Å². The van der Waals surface area contributed by atoms with E-state index in [-0.39, 0.29) is 16.7 Å². The van der Waals surface area contributed by atoms with E-state index in [1.54, 1.807) is 12.1 Å². The molecule has 0 aromatic heterocycles. The number of rotatable bonds is 5. The molecule has 0 aliphatic heterocycles. The third-order valence-electron chi connectivity index (χ3n) is 2.58. The van der Waals surface area contributed by atoms with Crippen LogP contribution in [0.5, 0.6) is 0 Å². The fourth-order valence-electron chi connectivity index (χ4n) is 1.62. The highest BCUT2D eigenvalue weighted by atomic mass is 16.6. The third-order valence-corrected chi connectivity index (χ3v) is 2.58. The van der Waals surface area contributed by atoms with Crippen LogP contribution in [0.3, 0.4) is 0 Å². The maximum absolute atomic E-state index is 10.9. The summed E-state index contributed by atoms with van der Waals surface area (Å²) in [6.07, 6.45) is 1.32. The highest BCUT2D eigenvalue weighted by Gasteiger charge is 2.19. The Morgan fingerprint density at radius 1 is 1.50 bits per heavy atom. The van der Waals surface area contributed by atoms with Gasteiger partial charge in [0.1, 0.15) is 0 Å². The SMILES string of the molecule is CCc1ccc([C@H](N)CCN)c([N+](=O)[O-])c1. The zero-order chi connectivity index (χ0) is 12.1. The Kier molecular flexibility index (Phi) is 4.39. The number of nitro benzene ring substituents is 1. The van der Waals surface area contributed by atoms with E-state index in [9.17, 15) is 10.1 Å². The second kappa shape index (κ2) is 5.58. The van der Waals surface area contributed by atoms with E-state index in [1.165, 1.54) is 0 Å². The van der Waals surface area contributed by atoms with Crippen molar-refractivity contribution in [3.8, 4) is 0 Å². The second-order valence-electron chi connectivity index (χ2n) is 3.69. The van der Waals surface area contributed by atoms with Crippen molar-refractivity contribution in [3.63, 3.8) is 0 Å². The summed E-state index contributed by atoms with van der Waals surface area (Å²) in [4.78, 5) is 10.5. The molecule has 1 atom stereocenters. The van der Waals surface area contributed by atoms with Crippen LogP contribution in [0.4, 0.5) is 5.69 Å². The van der Waals surface area contributed by atoms with Crippen molar-refractivity contribution in [1.82, 2.24) is 0 Å². The number of nitrogens with zero attached hydrogens (tertiary/aromatic N) is 1. The van der Waals surface area contributed by atoms with E-state index >= 15 is 0 Å². The average Bonchev–Trinajstić information content (AvgIpc) is 2.28. The van der Waals surface area contributed by atoms with Gasteiger partial charge in [0.15, 0.2) is 0 Å². The van der Waals surface area contributed by atoms with Crippen LogP contribution in [-0.2, 0) is 6.42 Å². The van der Waals surface area contributed by atoms with Gasteiger partial charge in [0, 0.05) is 17.7 Å². The molecule has 0 heterocycles. The van der Waals surface area contributed by atoms with Gasteiger partial charge in [0.05, 0.1) is 4.92 Å². The van der Waals surface area contributed by atoms with Crippen molar-refractivity contribution >= 4 is 5.69 Å². The van der Waals surface area contributed by atoms with Crippen molar-refractivity contribution < 1.29 is 4.92 Å². The van der Waals surface area contributed by atoms with Crippen LogP contribution in [-0.4, -0.2) is 11.5 Å². The Morgan fingerprint density at radius 3 is 2.69 bits per heavy atom. The summed E-state index contributed by atoms with van der Waals surface area (Å²) < 4.78 is 0. The molecule has 1 aromatic carbocycles. The van der Waals surface area contributed by atoms with Crippen molar-refractivity contribution in [2.24, 2.45) is 11.5 Å². The van der Waals surface area contributed by atoms with Gasteiger partial charge < -0.3 is 11.5 Å². The van der Waals surface area contributed by atoms with Crippen LogP contribution in [0.15, 0.2) is 18.2 Å². The minimum absolute atomic E-state index is 0.0975. The van der Waals surface area contributed by atoms with Gasteiger partial charge in [-0.3, -0.25) is 10.1 Å². The number of aryl methyl sites for hydroxylation is 1. The standard InChI is InChI=1S/C11H17N3O2/c1-2-8-3-4-9(10(13)5-6-12)11(7-8)14(15)16/h3-4,7,10H,2,5-6,12-13H2,1H3/t10-/m1/s1. The van der Waals surface area contributed by atoms with Gasteiger partial charge in [-0.2, -0.15) is 0 Å². The minimum Gasteiger partial charge on any atom is -0.330 e. The fraction of sp³-hybridized carbons (Fsp3) is 0.455. The predicted molar refractivity (Wildman–Crippen MR) is 63.1 cm³/mol. The first-order valence-electron chi connectivity index (χ1n) is 5.33. The van der Waals surface area contributed by atoms with E-state index in [4.69, 9.17) is 11.5 Å². The van der Waals surface area contributed by atoms with Crippen LogP contribution in [0.25, 0.3) is 0 Å². The molecule has 0 saturated heterocycles. The van der Waals surface area contributed by atoms with E-state index in [2.05, 4.69) is 0 Å². The Labute approximate surface area is 94.6 Å². The normalized spacial score (nSPS) is 12.4. The maximum Gasteiger partial charge on any atom is 0.274 e. The molecule has 0 aliphatic rings. The van der Waals surface area contributed by atoms with E-state index < -0.39 is 0 Å². The molecule has 0 unspecified atom stereocenters. The molecule has 4 N–H and O–H groups in total. The summed E-state index contributed by atoms with van der Waals surface area (Å²) in [5, 5.41) is 10.9. The van der Waals surface area contributed by atoms with Gasteiger partial charge in [-0.25, -0.2) is 0 Å². The van der Waals surface area contributed by atoms with Crippen molar-refractivity contribution in [2.45, 2.75) is 25.8 Å². The number of hydrogen-bond donors (Lipinski definition) is 2. The molecular formula is C11H17N3O2. The Bertz CT molecular complexity index is 379. The van der Waals surface area contributed by atoms with E-state index in [0.717, 1.165) is 12.0 Å². The van der Waals surface area contributed by atoms with Crippen LogP contribution >= 0.6 is 0 Å². The molecule has 1 rings (SSSR count). The molecule has 5 nitrogen and oxygen atoms in total. The Morgan fingerprint density at radius 2 is 2.19 bits per heavy atom. The van der Waals surface area contributed by atoms with Gasteiger partial charge in [0.25, 0.3) is 5.69 Å². The molecule has 0 fully saturated rings. The molecule has 0 radical (unpaired) electrons. The first kappa shape index (κ1) is 12.6. The number of nitro groups is 1. The molecule has 0 saturated carbocycles. The van der Waals surface area contributed by atoms with Crippen LogP contribution < -0.4 is 11.5 Å². The Hall–Kier alpha value is -1.46. The number of hydrogen-bond acceptors (Lipinski definition) is 4. The summed E-state index contributed by atoms with van der Waals surface area (Å²) >= 11 is 0. The average molecular weight is 223 g/mol. The molecule has 0 aliphatic carbocycles. The third kappa shape index (κ3) is 2.77. The summed E-state index contributed by atoms with van der Waals surface area (Å²) in [6, 6.07) is 4.83. The van der Waals surface area contributed by atoms with Gasteiger partial charge in [-0.05, 0) is 24.9 Å². The van der Waals surface area contributed by atoms with Gasteiger partial charge in [-0.15, -0.1) is 0 Å². The topological polar surface area (TPSA) is 95.2 Å². The van der Waals surface area contributed by atoms with Crippen molar-refractivity contribution in [2.75, 3.05) is 6.54 Å². The molecule has 88 valence electrons. The van der Waals surface area contributed by atoms with E-state index in [0.29, 0.717) is 18.5 Å². The lowest BCUT2D eigenvalue weighted by molar-refractivity contribution is -0.385. The Balaban J connectivity index is 3.12. The predicted octanol–water partition coefficient (Wildman–Crippen LogP) is 1.51. The zero-order valence-corrected chi connectivity index (χ0v) is 9.35. The smallest absolute Gasteiger partial charge is 0.274 e. The minimum atomic E-state index is -0.384. The highest BCUT2D eigenvalue weighted by molar-refractivity contribution is 5.45. The van der Waals surface area contributed by atoms with Crippen LogP contribution in [0.1, 0.15) is 30.5 Å².